The number of rotatable bonds is 4. The summed E-state index contributed by atoms with van der Waals surface area (Å²) in [5.74, 6) is -3.16. The molecule has 0 aromatic heterocycles. The van der Waals surface area contributed by atoms with Crippen LogP contribution in [0.25, 0.3) is 0 Å². The fourth-order valence-electron chi connectivity index (χ4n) is 0.476. The van der Waals surface area contributed by atoms with Crippen molar-refractivity contribution in [3.63, 3.8) is 0 Å². The van der Waals surface area contributed by atoms with Crippen molar-refractivity contribution in [1.29, 1.82) is 0 Å². The second-order valence-corrected chi connectivity index (χ2v) is 1.94. The van der Waals surface area contributed by atoms with Gasteiger partial charge in [-0.2, -0.15) is 0 Å². The molecule has 12 heavy (non-hydrogen) atoms. The normalized spacial score (nSPS) is 14.9. The topological polar surface area (TPSA) is 83.8 Å². The molecule has 2 unspecified atom stereocenters. The maximum atomic E-state index is 12.5. The Morgan fingerprint density at radius 2 is 2.08 bits per heavy atom. The Balaban J connectivity index is 4.09. The largest absolute Gasteiger partial charge is 0.479 e. The number of alkyl halides is 1. The van der Waals surface area contributed by atoms with E-state index in [4.69, 9.17) is 10.2 Å². The minimum Gasteiger partial charge on any atom is -0.479 e. The van der Waals surface area contributed by atoms with Crippen LogP contribution >= 0.6 is 0 Å². The van der Waals surface area contributed by atoms with E-state index in [9.17, 15) is 14.0 Å². The summed E-state index contributed by atoms with van der Waals surface area (Å²) in [5, 5.41) is 16.6. The first kappa shape index (κ1) is 10.8. The molecule has 0 amide bonds. The van der Waals surface area contributed by atoms with Crippen molar-refractivity contribution in [3.05, 3.63) is 0 Å². The van der Waals surface area contributed by atoms with Crippen LogP contribution in [0.3, 0.4) is 0 Å². The minimum atomic E-state index is -2.53. The highest BCUT2D eigenvalue weighted by atomic mass is 19.1. The fourth-order valence-corrected chi connectivity index (χ4v) is 0.476. The van der Waals surface area contributed by atoms with E-state index < -0.39 is 24.2 Å². The summed E-state index contributed by atoms with van der Waals surface area (Å²) in [7, 11) is 0. The lowest BCUT2D eigenvalue weighted by Gasteiger charge is -2.09. The highest BCUT2D eigenvalue weighted by Crippen LogP contribution is 2.01. The third kappa shape index (κ3) is 2.83. The first-order chi connectivity index (χ1) is 5.50. The Kier molecular flexibility index (Phi) is 4.20. The summed E-state index contributed by atoms with van der Waals surface area (Å²) < 4.78 is 16.7. The zero-order chi connectivity index (χ0) is 9.72. The van der Waals surface area contributed by atoms with Crippen LogP contribution in [-0.2, 0) is 14.3 Å². The number of carbonyl (C=O) groups excluding carboxylic acids is 1. The summed E-state index contributed by atoms with van der Waals surface area (Å²) in [6, 6.07) is 0. The smallest absolute Gasteiger partial charge is 0.344 e. The summed E-state index contributed by atoms with van der Waals surface area (Å²) in [6.07, 6.45) is -4.88. The van der Waals surface area contributed by atoms with Gasteiger partial charge in [0.25, 0.3) is 0 Å². The van der Waals surface area contributed by atoms with Crippen molar-refractivity contribution in [1.82, 2.24) is 0 Å². The van der Waals surface area contributed by atoms with Gasteiger partial charge in [0, 0.05) is 0 Å². The number of aliphatic hydroxyl groups is 1. The standard InChI is InChI=1S/C6H9FO5/c1-2-12-6(11)3(7)4(8)5(9)10/h3-4,8H,2H2,1H3,(H,9,10). The molecule has 0 aliphatic carbocycles. The lowest BCUT2D eigenvalue weighted by Crippen LogP contribution is -2.37. The molecular formula is C6H9FO5. The van der Waals surface area contributed by atoms with E-state index in [-0.39, 0.29) is 6.61 Å². The third-order valence-electron chi connectivity index (χ3n) is 1.04. The van der Waals surface area contributed by atoms with Crippen LogP contribution in [0.2, 0.25) is 0 Å². The molecule has 5 nitrogen and oxygen atoms in total. The van der Waals surface area contributed by atoms with Gasteiger partial charge in [0.05, 0.1) is 6.61 Å². The molecule has 0 saturated heterocycles. The number of aliphatic carboxylic acids is 1. The first-order valence-corrected chi connectivity index (χ1v) is 3.22. The van der Waals surface area contributed by atoms with Crippen LogP contribution in [0.1, 0.15) is 6.92 Å². The van der Waals surface area contributed by atoms with Crippen LogP contribution in [0.5, 0.6) is 0 Å². The maximum Gasteiger partial charge on any atom is 0.344 e. The number of carboxylic acid groups (broad SMARTS) is 1. The van der Waals surface area contributed by atoms with E-state index in [1.807, 2.05) is 0 Å². The van der Waals surface area contributed by atoms with Crippen LogP contribution in [0.4, 0.5) is 4.39 Å². The number of esters is 1. The highest BCUT2D eigenvalue weighted by Gasteiger charge is 2.33. The molecule has 0 fully saturated rings. The van der Waals surface area contributed by atoms with Crippen molar-refractivity contribution < 1.29 is 28.9 Å². The Hall–Kier alpha value is -1.17. The molecule has 0 aromatic carbocycles. The first-order valence-electron chi connectivity index (χ1n) is 3.22. The second-order valence-electron chi connectivity index (χ2n) is 1.94. The Morgan fingerprint density at radius 1 is 1.58 bits per heavy atom. The Morgan fingerprint density at radius 3 is 2.42 bits per heavy atom. The van der Waals surface area contributed by atoms with Gasteiger partial charge in [0.15, 0.2) is 6.10 Å². The van der Waals surface area contributed by atoms with E-state index in [0.717, 1.165) is 0 Å². The van der Waals surface area contributed by atoms with Gasteiger partial charge >= 0.3 is 11.9 Å². The van der Waals surface area contributed by atoms with Crippen LogP contribution in [0.15, 0.2) is 0 Å². The van der Waals surface area contributed by atoms with Gasteiger partial charge in [-0.1, -0.05) is 0 Å². The molecule has 0 aliphatic rings. The third-order valence-corrected chi connectivity index (χ3v) is 1.04. The monoisotopic (exact) mass is 180 g/mol. The fraction of sp³-hybridized carbons (Fsp3) is 0.667. The lowest BCUT2D eigenvalue weighted by atomic mass is 10.2. The molecule has 0 heterocycles. The zero-order valence-corrected chi connectivity index (χ0v) is 6.36. The molecule has 0 aromatic rings. The summed E-state index contributed by atoms with van der Waals surface area (Å²) in [4.78, 5) is 20.4. The maximum absolute atomic E-state index is 12.5. The van der Waals surface area contributed by atoms with Gasteiger partial charge in [-0.05, 0) is 6.92 Å². The molecule has 0 bridgehead atoms. The van der Waals surface area contributed by atoms with Crippen molar-refractivity contribution in [2.24, 2.45) is 0 Å². The van der Waals surface area contributed by atoms with Crippen LogP contribution in [0, 0.1) is 0 Å². The molecule has 0 aliphatic heterocycles. The van der Waals surface area contributed by atoms with E-state index in [1.165, 1.54) is 6.92 Å². The molecule has 0 radical (unpaired) electrons. The molecule has 2 N–H and O–H groups in total. The Bertz CT molecular complexity index is 181. The number of aliphatic hydroxyl groups excluding tert-OH is 1. The molecule has 6 heteroatoms. The lowest BCUT2D eigenvalue weighted by molar-refractivity contribution is -0.163. The molecular weight excluding hydrogens is 171 g/mol. The van der Waals surface area contributed by atoms with E-state index in [0.29, 0.717) is 0 Å². The van der Waals surface area contributed by atoms with Crippen LogP contribution in [-0.4, -0.2) is 41.0 Å². The SMILES string of the molecule is CCOC(=O)C(F)C(O)C(=O)O. The number of halogens is 1. The summed E-state index contributed by atoms with van der Waals surface area (Å²) in [6.45, 7) is 1.38. The number of hydrogen-bond acceptors (Lipinski definition) is 4. The van der Waals surface area contributed by atoms with Gasteiger partial charge in [-0.3, -0.25) is 0 Å². The molecule has 0 rings (SSSR count). The second kappa shape index (κ2) is 4.66. The molecule has 70 valence electrons. The molecule has 0 saturated carbocycles. The van der Waals surface area contributed by atoms with Crippen molar-refractivity contribution in [2.75, 3.05) is 6.61 Å². The predicted octanol–water partition coefficient (Wildman–Crippen LogP) is -0.667. The molecule has 0 spiro atoms. The van der Waals surface area contributed by atoms with Gasteiger partial charge in [-0.25, -0.2) is 14.0 Å². The average Bonchev–Trinajstić information content (AvgIpc) is 2.02. The molecule has 2 atom stereocenters. The number of hydrogen-bond donors (Lipinski definition) is 2. The van der Waals surface area contributed by atoms with E-state index in [2.05, 4.69) is 4.74 Å². The quantitative estimate of drug-likeness (QED) is 0.560. The minimum absolute atomic E-state index is 0.0639. The van der Waals surface area contributed by atoms with Crippen molar-refractivity contribution in [3.8, 4) is 0 Å². The van der Waals surface area contributed by atoms with Crippen molar-refractivity contribution in [2.45, 2.75) is 19.2 Å². The number of carboxylic acids is 1. The summed E-state index contributed by atoms with van der Waals surface area (Å²) >= 11 is 0. The van der Waals surface area contributed by atoms with E-state index in [1.54, 1.807) is 0 Å². The summed E-state index contributed by atoms with van der Waals surface area (Å²) in [5.41, 5.74) is 0. The zero-order valence-electron chi connectivity index (χ0n) is 6.36. The van der Waals surface area contributed by atoms with Gasteiger partial charge in [0.2, 0.25) is 6.17 Å². The van der Waals surface area contributed by atoms with Gasteiger partial charge < -0.3 is 14.9 Å². The van der Waals surface area contributed by atoms with Gasteiger partial charge in [-0.15, -0.1) is 0 Å². The highest BCUT2D eigenvalue weighted by molar-refractivity contribution is 5.84. The van der Waals surface area contributed by atoms with Gasteiger partial charge in [0.1, 0.15) is 0 Å². The van der Waals surface area contributed by atoms with Crippen molar-refractivity contribution >= 4 is 11.9 Å². The average molecular weight is 180 g/mol. The van der Waals surface area contributed by atoms with Crippen LogP contribution < -0.4 is 0 Å². The van der Waals surface area contributed by atoms with E-state index >= 15 is 0 Å². The number of ether oxygens (including phenoxy) is 1. The number of carbonyl (C=O) groups is 2. The Labute approximate surface area is 67.8 Å². The predicted molar refractivity (Wildman–Crippen MR) is 35.2 cm³/mol.